The van der Waals surface area contributed by atoms with Gasteiger partial charge in [-0.3, -0.25) is 9.59 Å². The summed E-state index contributed by atoms with van der Waals surface area (Å²) in [5, 5.41) is 2.49. The first-order valence-electron chi connectivity index (χ1n) is 6.21. The van der Waals surface area contributed by atoms with E-state index in [1.807, 2.05) is 30.3 Å². The molecule has 0 radical (unpaired) electrons. The third kappa shape index (κ3) is 3.25. The molecule has 6 heteroatoms. The Morgan fingerprint density at radius 3 is 2.45 bits per heavy atom. The van der Waals surface area contributed by atoms with Crippen LogP contribution in [0.4, 0.5) is 0 Å². The molecular formula is C14H15Cl2NO3. The summed E-state index contributed by atoms with van der Waals surface area (Å²) < 4.78 is 4.01. The van der Waals surface area contributed by atoms with Crippen LogP contribution in [0.25, 0.3) is 0 Å². The summed E-state index contributed by atoms with van der Waals surface area (Å²) in [7, 11) is 0. The molecular weight excluding hydrogens is 301 g/mol. The van der Waals surface area contributed by atoms with Gasteiger partial charge in [0.15, 0.2) is 0 Å². The van der Waals surface area contributed by atoms with Crippen LogP contribution in [0.3, 0.4) is 0 Å². The standard InChI is InChI=1S/C14H15Cl2NO3/c1-13(9-14(13,15)16)12(19)17-7-11(18)20-8-10-5-3-2-4-6-10/h2-6H,7-9H2,1H3,(H,17,19). The molecule has 1 saturated carbocycles. The van der Waals surface area contributed by atoms with Crippen molar-refractivity contribution in [1.29, 1.82) is 0 Å². The summed E-state index contributed by atoms with van der Waals surface area (Å²) >= 11 is 11.8. The number of rotatable bonds is 5. The highest BCUT2D eigenvalue weighted by Crippen LogP contribution is 2.63. The fourth-order valence-corrected chi connectivity index (χ4v) is 2.49. The molecule has 0 spiro atoms. The van der Waals surface area contributed by atoms with Gasteiger partial charge in [0.25, 0.3) is 0 Å². The Morgan fingerprint density at radius 2 is 1.90 bits per heavy atom. The van der Waals surface area contributed by atoms with Crippen molar-refractivity contribution in [1.82, 2.24) is 5.32 Å². The predicted octanol–water partition coefficient (Wildman–Crippen LogP) is 2.43. The Labute approximate surface area is 127 Å². The van der Waals surface area contributed by atoms with Gasteiger partial charge >= 0.3 is 5.97 Å². The van der Waals surface area contributed by atoms with Crippen LogP contribution in [-0.4, -0.2) is 22.8 Å². The smallest absolute Gasteiger partial charge is 0.325 e. The van der Waals surface area contributed by atoms with Crippen molar-refractivity contribution >= 4 is 35.1 Å². The molecule has 0 bridgehead atoms. The van der Waals surface area contributed by atoms with Gasteiger partial charge in [-0.25, -0.2) is 0 Å². The number of carbonyl (C=O) groups excluding carboxylic acids is 2. The Bertz CT molecular complexity index is 518. The highest BCUT2D eigenvalue weighted by Gasteiger charge is 2.67. The first-order chi connectivity index (χ1) is 9.35. The van der Waals surface area contributed by atoms with E-state index >= 15 is 0 Å². The average molecular weight is 316 g/mol. The van der Waals surface area contributed by atoms with Crippen LogP contribution in [0, 0.1) is 5.41 Å². The number of ether oxygens (including phenoxy) is 1. The van der Waals surface area contributed by atoms with Gasteiger partial charge in [0.05, 0.1) is 5.41 Å². The number of alkyl halides is 2. The van der Waals surface area contributed by atoms with E-state index in [1.165, 1.54) is 0 Å². The maximum absolute atomic E-state index is 11.8. The number of nitrogens with one attached hydrogen (secondary N) is 1. The van der Waals surface area contributed by atoms with Gasteiger partial charge in [-0.05, 0) is 18.9 Å². The molecule has 0 heterocycles. The number of benzene rings is 1. The minimum Gasteiger partial charge on any atom is -0.460 e. The second kappa shape index (κ2) is 5.62. The topological polar surface area (TPSA) is 55.4 Å². The normalized spacial score (nSPS) is 22.9. The second-order valence-corrected chi connectivity index (χ2v) is 6.53. The van der Waals surface area contributed by atoms with E-state index in [0.717, 1.165) is 5.56 Å². The largest absolute Gasteiger partial charge is 0.460 e. The van der Waals surface area contributed by atoms with Crippen LogP contribution in [0.2, 0.25) is 0 Å². The van der Waals surface area contributed by atoms with Gasteiger partial charge in [-0.1, -0.05) is 30.3 Å². The molecule has 1 unspecified atom stereocenters. The molecule has 1 aliphatic carbocycles. The molecule has 0 aromatic heterocycles. The average Bonchev–Trinajstić information content (AvgIpc) is 2.95. The Balaban J connectivity index is 1.72. The number of amides is 1. The highest BCUT2D eigenvalue weighted by atomic mass is 35.5. The lowest BCUT2D eigenvalue weighted by atomic mass is 10.1. The summed E-state index contributed by atoms with van der Waals surface area (Å²) in [6, 6.07) is 9.31. The Morgan fingerprint density at radius 1 is 1.30 bits per heavy atom. The van der Waals surface area contributed by atoms with Crippen molar-refractivity contribution in [2.24, 2.45) is 5.41 Å². The Kier molecular flexibility index (Phi) is 4.25. The fourth-order valence-electron chi connectivity index (χ4n) is 1.78. The molecule has 108 valence electrons. The third-order valence-electron chi connectivity index (χ3n) is 3.39. The molecule has 20 heavy (non-hydrogen) atoms. The van der Waals surface area contributed by atoms with Crippen LogP contribution >= 0.6 is 23.2 Å². The predicted molar refractivity (Wildman–Crippen MR) is 76.4 cm³/mol. The van der Waals surface area contributed by atoms with Crippen molar-refractivity contribution in [2.45, 2.75) is 24.3 Å². The van der Waals surface area contributed by atoms with E-state index < -0.39 is 15.7 Å². The van der Waals surface area contributed by atoms with Crippen molar-refractivity contribution in [3.8, 4) is 0 Å². The fraction of sp³-hybridized carbons (Fsp3) is 0.429. The van der Waals surface area contributed by atoms with Gasteiger partial charge in [-0.2, -0.15) is 0 Å². The van der Waals surface area contributed by atoms with Gasteiger partial charge in [0.2, 0.25) is 5.91 Å². The number of esters is 1. The lowest BCUT2D eigenvalue weighted by molar-refractivity contribution is -0.145. The zero-order chi connectivity index (χ0) is 14.8. The van der Waals surface area contributed by atoms with Gasteiger partial charge in [0, 0.05) is 0 Å². The molecule has 1 N–H and O–H groups in total. The van der Waals surface area contributed by atoms with Crippen molar-refractivity contribution < 1.29 is 14.3 Å². The molecule has 1 atom stereocenters. The van der Waals surface area contributed by atoms with Gasteiger partial charge in [-0.15, -0.1) is 23.2 Å². The first-order valence-corrected chi connectivity index (χ1v) is 6.96. The monoisotopic (exact) mass is 315 g/mol. The van der Waals surface area contributed by atoms with E-state index in [1.54, 1.807) is 6.92 Å². The second-order valence-electron chi connectivity index (χ2n) is 5.04. The van der Waals surface area contributed by atoms with Crippen LogP contribution in [-0.2, 0) is 20.9 Å². The van der Waals surface area contributed by atoms with Crippen LogP contribution in [0.15, 0.2) is 30.3 Å². The first kappa shape index (κ1) is 15.1. The summed E-state index contributed by atoms with van der Waals surface area (Å²) in [6.07, 6.45) is 0.383. The maximum atomic E-state index is 11.8. The quantitative estimate of drug-likeness (QED) is 0.670. The lowest BCUT2D eigenvalue weighted by Gasteiger charge is -2.12. The van der Waals surface area contributed by atoms with E-state index in [0.29, 0.717) is 6.42 Å². The summed E-state index contributed by atoms with van der Waals surface area (Å²) in [5.41, 5.74) is 0.0670. The van der Waals surface area contributed by atoms with E-state index in [9.17, 15) is 9.59 Å². The number of hydrogen-bond acceptors (Lipinski definition) is 3. The number of carbonyl (C=O) groups is 2. The van der Waals surface area contributed by atoms with E-state index in [2.05, 4.69) is 5.32 Å². The van der Waals surface area contributed by atoms with Gasteiger partial charge in [0.1, 0.15) is 17.5 Å². The SMILES string of the molecule is CC1(C(=O)NCC(=O)OCc2ccccc2)CC1(Cl)Cl. The molecule has 1 aromatic carbocycles. The number of hydrogen-bond donors (Lipinski definition) is 1. The third-order valence-corrected chi connectivity index (χ3v) is 4.50. The highest BCUT2D eigenvalue weighted by molar-refractivity contribution is 6.53. The molecule has 1 aromatic rings. The maximum Gasteiger partial charge on any atom is 0.325 e. The van der Waals surface area contributed by atoms with Crippen LogP contribution in [0.1, 0.15) is 18.9 Å². The zero-order valence-corrected chi connectivity index (χ0v) is 12.5. The van der Waals surface area contributed by atoms with Crippen molar-refractivity contribution in [3.05, 3.63) is 35.9 Å². The molecule has 1 aliphatic rings. The zero-order valence-electron chi connectivity index (χ0n) is 11.0. The van der Waals surface area contributed by atoms with Crippen molar-refractivity contribution in [2.75, 3.05) is 6.54 Å². The Hall–Kier alpha value is -1.26. The summed E-state index contributed by atoms with van der Waals surface area (Å²) in [4.78, 5) is 23.4. The molecule has 4 nitrogen and oxygen atoms in total. The van der Waals surface area contributed by atoms with Gasteiger partial charge < -0.3 is 10.1 Å². The van der Waals surface area contributed by atoms with E-state index in [-0.39, 0.29) is 19.1 Å². The minimum absolute atomic E-state index is 0.182. The molecule has 2 rings (SSSR count). The van der Waals surface area contributed by atoms with Crippen LogP contribution < -0.4 is 5.32 Å². The molecule has 1 amide bonds. The molecule has 0 saturated heterocycles. The minimum atomic E-state index is -1.04. The van der Waals surface area contributed by atoms with Crippen LogP contribution in [0.5, 0.6) is 0 Å². The van der Waals surface area contributed by atoms with E-state index in [4.69, 9.17) is 27.9 Å². The molecule has 1 fully saturated rings. The summed E-state index contributed by atoms with van der Waals surface area (Å²) in [5.74, 6) is -0.833. The molecule has 0 aliphatic heterocycles. The van der Waals surface area contributed by atoms with Crippen molar-refractivity contribution in [3.63, 3.8) is 0 Å². The number of halogens is 2. The lowest BCUT2D eigenvalue weighted by Crippen LogP contribution is -2.37. The summed E-state index contributed by atoms with van der Waals surface area (Å²) in [6.45, 7) is 1.66.